The number of nitrogens with one attached hydrogen (secondary N) is 2. The van der Waals surface area contributed by atoms with Crippen molar-refractivity contribution in [2.75, 3.05) is 25.4 Å². The summed E-state index contributed by atoms with van der Waals surface area (Å²) in [5, 5.41) is 6.46. The molecular weight excluding hydrogens is 314 g/mol. The molecule has 2 N–H and O–H groups in total. The molecule has 0 bridgehead atoms. The van der Waals surface area contributed by atoms with E-state index in [0.717, 1.165) is 25.0 Å². The van der Waals surface area contributed by atoms with Gasteiger partial charge in [-0.3, -0.25) is 4.79 Å². The molecule has 0 aromatic rings. The zero-order valence-corrected chi connectivity index (χ0v) is 14.8. The van der Waals surface area contributed by atoms with Gasteiger partial charge >= 0.3 is 6.03 Å². The van der Waals surface area contributed by atoms with Crippen molar-refractivity contribution < 1.29 is 14.3 Å². The minimum absolute atomic E-state index is 0.0320. The van der Waals surface area contributed by atoms with Crippen molar-refractivity contribution in [3.63, 3.8) is 0 Å². The summed E-state index contributed by atoms with van der Waals surface area (Å²) in [4.78, 5) is 25.6. The molecule has 7 heteroatoms. The predicted octanol–water partition coefficient (Wildman–Crippen LogP) is 1.35. The average Bonchev–Trinajstić information content (AvgIpc) is 3.02. The van der Waals surface area contributed by atoms with Crippen LogP contribution in [0.4, 0.5) is 4.79 Å². The maximum absolute atomic E-state index is 12.3. The molecule has 3 amide bonds. The second-order valence-corrected chi connectivity index (χ2v) is 8.56. The molecule has 3 aliphatic rings. The first-order valence-electron chi connectivity index (χ1n) is 8.55. The third kappa shape index (κ3) is 4.12. The van der Waals surface area contributed by atoms with E-state index in [1.54, 1.807) is 0 Å². The molecule has 3 fully saturated rings. The Balaban J connectivity index is 1.35. The Morgan fingerprint density at radius 3 is 3.00 bits per heavy atom. The highest BCUT2D eigenvalue weighted by Crippen LogP contribution is 2.33. The number of rotatable bonds is 5. The van der Waals surface area contributed by atoms with Crippen molar-refractivity contribution in [2.24, 2.45) is 0 Å². The van der Waals surface area contributed by atoms with Crippen LogP contribution in [0.1, 0.15) is 39.5 Å². The number of thioether (sulfide) groups is 1. The maximum atomic E-state index is 12.3. The number of fused-ring (bicyclic) bond motifs is 1. The molecule has 3 saturated heterocycles. The highest BCUT2D eigenvalue weighted by atomic mass is 32.2. The van der Waals surface area contributed by atoms with Gasteiger partial charge in [-0.15, -0.1) is 0 Å². The fourth-order valence-electron chi connectivity index (χ4n) is 3.65. The van der Waals surface area contributed by atoms with Gasteiger partial charge in [0.25, 0.3) is 0 Å². The largest absolute Gasteiger partial charge is 0.372 e. The molecule has 130 valence electrons. The normalized spacial score (nSPS) is 32.3. The van der Waals surface area contributed by atoms with E-state index in [1.165, 1.54) is 0 Å². The number of carbonyl (C=O) groups excluding carboxylic acids is 2. The summed E-state index contributed by atoms with van der Waals surface area (Å²) >= 11 is 1.93. The van der Waals surface area contributed by atoms with Gasteiger partial charge in [0.1, 0.15) is 0 Å². The first kappa shape index (κ1) is 16.9. The topological polar surface area (TPSA) is 70.7 Å². The molecule has 6 nitrogen and oxygen atoms in total. The summed E-state index contributed by atoms with van der Waals surface area (Å²) in [6, 6.07) is 0.522. The highest BCUT2D eigenvalue weighted by Gasteiger charge is 2.42. The fourth-order valence-corrected chi connectivity index (χ4v) is 5.20. The molecule has 0 aliphatic carbocycles. The Bertz CT molecular complexity index is 471. The van der Waals surface area contributed by atoms with E-state index in [-0.39, 0.29) is 29.6 Å². The van der Waals surface area contributed by atoms with Gasteiger partial charge in [0.05, 0.1) is 24.3 Å². The zero-order valence-electron chi connectivity index (χ0n) is 14.0. The molecule has 0 unspecified atom stereocenters. The molecule has 3 rings (SSSR count). The molecule has 3 atom stereocenters. The van der Waals surface area contributed by atoms with E-state index in [2.05, 4.69) is 10.6 Å². The van der Waals surface area contributed by atoms with Crippen LogP contribution in [0, 0.1) is 0 Å². The first-order chi connectivity index (χ1) is 10.9. The van der Waals surface area contributed by atoms with Crippen LogP contribution >= 0.6 is 11.8 Å². The third-order valence-corrected chi connectivity index (χ3v) is 6.35. The summed E-state index contributed by atoms with van der Waals surface area (Å²) in [7, 11) is 0. The molecule has 0 radical (unpaired) electrons. The van der Waals surface area contributed by atoms with Gasteiger partial charge < -0.3 is 20.3 Å². The number of hydrogen-bond donors (Lipinski definition) is 2. The van der Waals surface area contributed by atoms with E-state index in [0.29, 0.717) is 31.4 Å². The van der Waals surface area contributed by atoms with Crippen LogP contribution in [0.25, 0.3) is 0 Å². The number of hydrogen-bond acceptors (Lipinski definition) is 4. The summed E-state index contributed by atoms with van der Waals surface area (Å²) in [5.41, 5.74) is -0.225. The Kier molecular flexibility index (Phi) is 5.06. The van der Waals surface area contributed by atoms with Crippen molar-refractivity contribution >= 4 is 23.7 Å². The van der Waals surface area contributed by atoms with Crippen LogP contribution in [0.15, 0.2) is 0 Å². The standard InChI is InChI=1S/C16H27N3O3S/c1-16(2)10-19(7-8-22-16)13(20)6-4-3-5-12-14-11(9-23-12)17-15(21)18-14/h11-12,14H,3-10H2,1-2H3,(H2,17,18,21)/t11-,12-,14-/m0/s1. The maximum Gasteiger partial charge on any atom is 0.315 e. The third-order valence-electron chi connectivity index (χ3n) is 4.85. The lowest BCUT2D eigenvalue weighted by Gasteiger charge is -2.38. The van der Waals surface area contributed by atoms with Crippen molar-refractivity contribution in [3.05, 3.63) is 0 Å². The van der Waals surface area contributed by atoms with Crippen molar-refractivity contribution in [2.45, 2.75) is 62.5 Å². The fraction of sp³-hybridized carbons (Fsp3) is 0.875. The van der Waals surface area contributed by atoms with E-state index in [1.807, 2.05) is 30.5 Å². The van der Waals surface area contributed by atoms with Crippen molar-refractivity contribution in [1.82, 2.24) is 15.5 Å². The molecule has 0 aromatic heterocycles. The van der Waals surface area contributed by atoms with Gasteiger partial charge in [0.2, 0.25) is 5.91 Å². The minimum atomic E-state index is -0.225. The lowest BCUT2D eigenvalue weighted by atomic mass is 10.0. The monoisotopic (exact) mass is 341 g/mol. The second kappa shape index (κ2) is 6.89. The van der Waals surface area contributed by atoms with Crippen molar-refractivity contribution in [3.8, 4) is 0 Å². The van der Waals surface area contributed by atoms with Crippen molar-refractivity contribution in [1.29, 1.82) is 0 Å². The number of amides is 3. The number of urea groups is 1. The first-order valence-corrected chi connectivity index (χ1v) is 9.60. The Morgan fingerprint density at radius 2 is 2.22 bits per heavy atom. The van der Waals surface area contributed by atoms with E-state index < -0.39 is 0 Å². The minimum Gasteiger partial charge on any atom is -0.372 e. The molecular formula is C16H27N3O3S. The van der Waals surface area contributed by atoms with Gasteiger partial charge in [-0.05, 0) is 26.7 Å². The lowest BCUT2D eigenvalue weighted by Crippen LogP contribution is -2.50. The average molecular weight is 341 g/mol. The predicted molar refractivity (Wildman–Crippen MR) is 90.6 cm³/mol. The summed E-state index contributed by atoms with van der Waals surface area (Å²) in [6.07, 6.45) is 3.64. The van der Waals surface area contributed by atoms with Gasteiger partial charge in [-0.2, -0.15) is 11.8 Å². The van der Waals surface area contributed by atoms with Crippen LogP contribution in [-0.4, -0.2) is 65.2 Å². The van der Waals surface area contributed by atoms with Crippen LogP contribution in [-0.2, 0) is 9.53 Å². The number of morpholine rings is 1. The molecule has 23 heavy (non-hydrogen) atoms. The molecule has 0 spiro atoms. The van der Waals surface area contributed by atoms with E-state index in [9.17, 15) is 9.59 Å². The number of nitrogens with zero attached hydrogens (tertiary/aromatic N) is 1. The Labute approximate surface area is 142 Å². The quantitative estimate of drug-likeness (QED) is 0.585. The Morgan fingerprint density at radius 1 is 1.39 bits per heavy atom. The smallest absolute Gasteiger partial charge is 0.315 e. The van der Waals surface area contributed by atoms with Gasteiger partial charge in [0.15, 0.2) is 0 Å². The molecule has 3 aliphatic heterocycles. The summed E-state index contributed by atoms with van der Waals surface area (Å²) < 4.78 is 5.65. The van der Waals surface area contributed by atoms with Crippen LogP contribution in [0.5, 0.6) is 0 Å². The lowest BCUT2D eigenvalue weighted by molar-refractivity contribution is -0.146. The van der Waals surface area contributed by atoms with Crippen LogP contribution in [0.3, 0.4) is 0 Å². The summed E-state index contributed by atoms with van der Waals surface area (Å²) in [5.74, 6) is 1.24. The van der Waals surface area contributed by atoms with Gasteiger partial charge in [-0.25, -0.2) is 4.79 Å². The number of unbranched alkanes of at least 4 members (excludes halogenated alkanes) is 1. The van der Waals surface area contributed by atoms with Crippen LogP contribution < -0.4 is 10.6 Å². The SMILES string of the molecule is CC1(C)CN(C(=O)CCCC[C@@H]2SC[C@@H]3NC(=O)N[C@@H]32)CCO1. The molecule has 0 aromatic carbocycles. The van der Waals surface area contributed by atoms with E-state index in [4.69, 9.17) is 4.74 Å². The van der Waals surface area contributed by atoms with Crippen LogP contribution in [0.2, 0.25) is 0 Å². The van der Waals surface area contributed by atoms with Gasteiger partial charge in [0, 0.05) is 30.5 Å². The molecule has 3 heterocycles. The zero-order chi connectivity index (χ0) is 16.4. The highest BCUT2D eigenvalue weighted by molar-refractivity contribution is 8.00. The van der Waals surface area contributed by atoms with E-state index >= 15 is 0 Å². The number of ether oxygens (including phenoxy) is 1. The second-order valence-electron chi connectivity index (χ2n) is 7.29. The molecule has 0 saturated carbocycles. The Hall–Kier alpha value is -0.950. The number of carbonyl (C=O) groups is 2. The van der Waals surface area contributed by atoms with Gasteiger partial charge in [-0.1, -0.05) is 6.42 Å². The summed E-state index contributed by atoms with van der Waals surface area (Å²) in [6.45, 7) is 6.09.